The van der Waals surface area contributed by atoms with Crippen LogP contribution in [-0.4, -0.2) is 31.6 Å². The summed E-state index contributed by atoms with van der Waals surface area (Å²) in [5.74, 6) is 0.947. The van der Waals surface area contributed by atoms with E-state index in [1.807, 2.05) is 13.1 Å². The molecule has 0 unspecified atom stereocenters. The van der Waals surface area contributed by atoms with Crippen LogP contribution in [0.15, 0.2) is 51.9 Å². The normalized spacial score (nSPS) is 20.7. The predicted molar refractivity (Wildman–Crippen MR) is 100 cm³/mol. The van der Waals surface area contributed by atoms with Gasteiger partial charge in [-0.2, -0.15) is 0 Å². The number of hydrogen-bond donors (Lipinski definition) is 0. The zero-order valence-electron chi connectivity index (χ0n) is 13.7. The highest BCUT2D eigenvalue weighted by Crippen LogP contribution is 2.40. The van der Waals surface area contributed by atoms with Crippen LogP contribution < -0.4 is 4.74 Å². The number of benzene rings is 2. The smallest absolute Gasteiger partial charge is 0.129 e. The minimum absolute atomic E-state index is 0.141. The monoisotopic (exact) mass is 385 g/mol. The Labute approximate surface area is 150 Å². The lowest BCUT2D eigenvalue weighted by molar-refractivity contribution is -0.0441. The highest BCUT2D eigenvalue weighted by molar-refractivity contribution is 9.10. The third kappa shape index (κ3) is 2.89. The Balaban J connectivity index is 1.74. The Morgan fingerprint density at radius 2 is 1.83 bits per heavy atom. The number of nitrogens with zero attached hydrogens (tertiary/aromatic N) is 1. The summed E-state index contributed by atoms with van der Waals surface area (Å²) in [6.45, 7) is 1.53. The van der Waals surface area contributed by atoms with Crippen molar-refractivity contribution in [3.63, 3.8) is 0 Å². The zero-order chi connectivity index (χ0) is 16.6. The molecule has 0 bridgehead atoms. The molecule has 1 spiro atoms. The van der Waals surface area contributed by atoms with E-state index < -0.39 is 0 Å². The fraction of sp³-hybridized carbons (Fsp3) is 0.350. The fourth-order valence-electron chi connectivity index (χ4n) is 3.58. The molecule has 0 N–H and O–H groups in total. The van der Waals surface area contributed by atoms with Crippen molar-refractivity contribution < 1.29 is 9.47 Å². The summed E-state index contributed by atoms with van der Waals surface area (Å²) in [6.07, 6.45) is 2.72. The fourth-order valence-corrected chi connectivity index (χ4v) is 3.98. The third-order valence-electron chi connectivity index (χ3n) is 4.94. The first-order chi connectivity index (χ1) is 11.7. The van der Waals surface area contributed by atoms with Gasteiger partial charge in [-0.15, -0.1) is 0 Å². The number of rotatable bonds is 1. The van der Waals surface area contributed by atoms with E-state index >= 15 is 0 Å². The standard InChI is InChI=1S/C20H20BrNO2/c1-22-18-13-20(7-9-23-10-8-20)24-19-6-5-15(12-17(18)19)14-3-2-4-16(21)11-14/h2-6,11-12H,7-10,13H2,1H3/b22-18-. The van der Waals surface area contributed by atoms with Crippen molar-refractivity contribution >= 4 is 21.6 Å². The molecule has 24 heavy (non-hydrogen) atoms. The summed E-state index contributed by atoms with van der Waals surface area (Å²) in [7, 11) is 1.88. The molecule has 0 aromatic heterocycles. The van der Waals surface area contributed by atoms with Crippen LogP contribution in [0.5, 0.6) is 5.75 Å². The first kappa shape index (κ1) is 15.9. The molecule has 124 valence electrons. The first-order valence-corrected chi connectivity index (χ1v) is 9.11. The van der Waals surface area contributed by atoms with Crippen molar-refractivity contribution in [1.29, 1.82) is 0 Å². The lowest BCUT2D eigenvalue weighted by atomic mass is 9.83. The van der Waals surface area contributed by atoms with Crippen LogP contribution in [0.3, 0.4) is 0 Å². The Morgan fingerprint density at radius 3 is 2.58 bits per heavy atom. The van der Waals surface area contributed by atoms with Gasteiger partial charge in [0.2, 0.25) is 0 Å². The van der Waals surface area contributed by atoms with E-state index in [1.54, 1.807) is 0 Å². The summed E-state index contributed by atoms with van der Waals surface area (Å²) in [5.41, 5.74) is 4.48. The molecule has 0 saturated carbocycles. The van der Waals surface area contributed by atoms with E-state index in [2.05, 4.69) is 57.3 Å². The van der Waals surface area contributed by atoms with Gasteiger partial charge in [-0.25, -0.2) is 0 Å². The van der Waals surface area contributed by atoms with E-state index in [9.17, 15) is 0 Å². The molecule has 2 aromatic rings. The van der Waals surface area contributed by atoms with Gasteiger partial charge in [-0.05, 0) is 35.4 Å². The zero-order valence-corrected chi connectivity index (χ0v) is 15.3. The first-order valence-electron chi connectivity index (χ1n) is 8.32. The highest BCUT2D eigenvalue weighted by atomic mass is 79.9. The summed E-state index contributed by atoms with van der Waals surface area (Å²) in [6, 6.07) is 14.8. The molecule has 4 heteroatoms. The number of fused-ring (bicyclic) bond motifs is 1. The van der Waals surface area contributed by atoms with Gasteiger partial charge in [0.15, 0.2) is 0 Å². The third-order valence-corrected chi connectivity index (χ3v) is 5.43. The topological polar surface area (TPSA) is 30.8 Å². The van der Waals surface area contributed by atoms with Gasteiger partial charge in [-0.3, -0.25) is 4.99 Å². The average Bonchev–Trinajstić information content (AvgIpc) is 2.61. The average molecular weight is 386 g/mol. The molecule has 2 heterocycles. The SMILES string of the molecule is C/N=C1/CC2(CCOCC2)Oc2ccc(-c3cccc(Br)c3)cc21. The van der Waals surface area contributed by atoms with Gasteiger partial charge < -0.3 is 9.47 Å². The summed E-state index contributed by atoms with van der Waals surface area (Å²) in [4.78, 5) is 4.58. The maximum Gasteiger partial charge on any atom is 0.129 e. The molecule has 0 radical (unpaired) electrons. The molecule has 0 aliphatic carbocycles. The maximum absolute atomic E-state index is 6.44. The van der Waals surface area contributed by atoms with Crippen LogP contribution in [0.25, 0.3) is 11.1 Å². The minimum Gasteiger partial charge on any atom is -0.486 e. The van der Waals surface area contributed by atoms with Gasteiger partial charge in [0.1, 0.15) is 11.4 Å². The van der Waals surface area contributed by atoms with Crippen LogP contribution in [0, 0.1) is 0 Å². The number of hydrogen-bond acceptors (Lipinski definition) is 3. The summed E-state index contributed by atoms with van der Waals surface area (Å²) >= 11 is 3.55. The number of halogens is 1. The van der Waals surface area contributed by atoms with Gasteiger partial charge >= 0.3 is 0 Å². The molecular weight excluding hydrogens is 366 g/mol. The van der Waals surface area contributed by atoms with Crippen molar-refractivity contribution in [2.45, 2.75) is 24.9 Å². The molecular formula is C20H20BrNO2. The Morgan fingerprint density at radius 1 is 1.04 bits per heavy atom. The Hall–Kier alpha value is -1.65. The van der Waals surface area contributed by atoms with Crippen molar-refractivity contribution in [2.24, 2.45) is 4.99 Å². The van der Waals surface area contributed by atoms with E-state index in [0.717, 1.165) is 54.0 Å². The molecule has 0 atom stereocenters. The van der Waals surface area contributed by atoms with Crippen LogP contribution in [0.4, 0.5) is 0 Å². The molecule has 4 rings (SSSR count). The van der Waals surface area contributed by atoms with Crippen LogP contribution in [-0.2, 0) is 4.74 Å². The molecule has 2 aliphatic heterocycles. The Bertz CT molecular complexity index is 794. The lowest BCUT2D eigenvalue weighted by Crippen LogP contribution is -2.46. The maximum atomic E-state index is 6.44. The Kier molecular flexibility index (Phi) is 4.19. The van der Waals surface area contributed by atoms with E-state index in [1.165, 1.54) is 11.1 Å². The van der Waals surface area contributed by atoms with Crippen molar-refractivity contribution in [3.8, 4) is 16.9 Å². The molecule has 0 amide bonds. The van der Waals surface area contributed by atoms with Crippen molar-refractivity contribution in [3.05, 3.63) is 52.5 Å². The summed E-state index contributed by atoms with van der Waals surface area (Å²) < 4.78 is 13.0. The van der Waals surface area contributed by atoms with Crippen LogP contribution in [0.2, 0.25) is 0 Å². The minimum atomic E-state index is -0.141. The number of aliphatic imine (C=N–C) groups is 1. The van der Waals surface area contributed by atoms with E-state index in [0.29, 0.717) is 0 Å². The van der Waals surface area contributed by atoms with Crippen molar-refractivity contribution in [1.82, 2.24) is 0 Å². The van der Waals surface area contributed by atoms with Crippen LogP contribution >= 0.6 is 15.9 Å². The van der Waals surface area contributed by atoms with Gasteiger partial charge in [-0.1, -0.05) is 34.1 Å². The summed E-state index contributed by atoms with van der Waals surface area (Å²) in [5, 5.41) is 0. The van der Waals surface area contributed by atoms with Gasteiger partial charge in [0.05, 0.1) is 13.2 Å². The number of ether oxygens (including phenoxy) is 2. The lowest BCUT2D eigenvalue weighted by Gasteiger charge is -2.41. The van der Waals surface area contributed by atoms with Gasteiger partial charge in [0, 0.05) is 42.1 Å². The molecule has 3 nitrogen and oxygen atoms in total. The van der Waals surface area contributed by atoms with Crippen molar-refractivity contribution in [2.75, 3.05) is 20.3 Å². The predicted octanol–water partition coefficient (Wildman–Crippen LogP) is 4.87. The van der Waals surface area contributed by atoms with Gasteiger partial charge in [0.25, 0.3) is 0 Å². The second kappa shape index (κ2) is 6.34. The quantitative estimate of drug-likeness (QED) is 0.701. The highest BCUT2D eigenvalue weighted by Gasteiger charge is 2.40. The molecule has 1 saturated heterocycles. The second-order valence-corrected chi connectivity index (χ2v) is 7.38. The van der Waals surface area contributed by atoms with E-state index in [4.69, 9.17) is 9.47 Å². The largest absolute Gasteiger partial charge is 0.486 e. The molecule has 2 aromatic carbocycles. The van der Waals surface area contributed by atoms with E-state index in [-0.39, 0.29) is 5.60 Å². The van der Waals surface area contributed by atoms with Crippen LogP contribution in [0.1, 0.15) is 24.8 Å². The second-order valence-electron chi connectivity index (χ2n) is 6.47. The molecule has 1 fully saturated rings. The molecule has 2 aliphatic rings.